The van der Waals surface area contributed by atoms with Crippen LogP contribution >= 0.6 is 11.8 Å². The Kier molecular flexibility index (Phi) is 5.12. The highest BCUT2D eigenvalue weighted by Crippen LogP contribution is 2.22. The average Bonchev–Trinajstić information content (AvgIpc) is 2.99. The number of nitrogens with one attached hydrogen (secondary N) is 2. The SMILES string of the molecule is Cn1ccc(NC(=O)Nc2cccc(CSc3ccccn3)c2)n1. The molecule has 0 aliphatic carbocycles. The van der Waals surface area contributed by atoms with E-state index in [0.29, 0.717) is 5.82 Å². The second-order valence-corrected chi connectivity index (χ2v) is 6.11. The number of hydrogen-bond acceptors (Lipinski definition) is 4. The maximum atomic E-state index is 12.0. The maximum absolute atomic E-state index is 12.0. The van der Waals surface area contributed by atoms with Gasteiger partial charge >= 0.3 is 6.03 Å². The Morgan fingerprint density at radius 1 is 1.17 bits per heavy atom. The van der Waals surface area contributed by atoms with Crippen LogP contribution in [0.4, 0.5) is 16.3 Å². The van der Waals surface area contributed by atoms with Crippen molar-refractivity contribution in [3.05, 3.63) is 66.5 Å². The largest absolute Gasteiger partial charge is 0.324 e. The van der Waals surface area contributed by atoms with E-state index in [1.165, 1.54) is 0 Å². The topological polar surface area (TPSA) is 71.8 Å². The molecule has 122 valence electrons. The van der Waals surface area contributed by atoms with Crippen molar-refractivity contribution in [2.45, 2.75) is 10.8 Å². The van der Waals surface area contributed by atoms with Crippen LogP contribution in [0.2, 0.25) is 0 Å². The molecule has 0 bridgehead atoms. The van der Waals surface area contributed by atoms with Gasteiger partial charge in [-0.2, -0.15) is 5.10 Å². The Morgan fingerprint density at radius 3 is 2.83 bits per heavy atom. The Balaban J connectivity index is 1.57. The molecule has 2 amide bonds. The number of aromatic nitrogens is 3. The van der Waals surface area contributed by atoms with Crippen LogP contribution in [0.15, 0.2) is 66.0 Å². The number of aryl methyl sites for hydroxylation is 1. The van der Waals surface area contributed by atoms with Crippen LogP contribution in [-0.4, -0.2) is 20.8 Å². The van der Waals surface area contributed by atoms with Gasteiger partial charge < -0.3 is 5.32 Å². The second kappa shape index (κ2) is 7.65. The van der Waals surface area contributed by atoms with E-state index in [0.717, 1.165) is 22.0 Å². The average molecular weight is 339 g/mol. The number of carbonyl (C=O) groups is 1. The van der Waals surface area contributed by atoms with Gasteiger partial charge in [-0.05, 0) is 29.8 Å². The Morgan fingerprint density at radius 2 is 2.08 bits per heavy atom. The summed E-state index contributed by atoms with van der Waals surface area (Å²) in [6, 6.07) is 15.0. The van der Waals surface area contributed by atoms with Crippen LogP contribution in [0.1, 0.15) is 5.56 Å². The molecule has 6 nitrogen and oxygen atoms in total. The van der Waals surface area contributed by atoms with E-state index in [9.17, 15) is 4.79 Å². The predicted octanol–water partition coefficient (Wildman–Crippen LogP) is 3.75. The molecule has 0 unspecified atom stereocenters. The van der Waals surface area contributed by atoms with Crippen LogP contribution in [0.25, 0.3) is 0 Å². The summed E-state index contributed by atoms with van der Waals surface area (Å²) in [4.78, 5) is 16.3. The van der Waals surface area contributed by atoms with Crippen LogP contribution < -0.4 is 10.6 Å². The fraction of sp³-hybridized carbons (Fsp3) is 0.118. The number of amides is 2. The molecule has 0 saturated heterocycles. The molecule has 0 saturated carbocycles. The highest BCUT2D eigenvalue weighted by molar-refractivity contribution is 7.98. The van der Waals surface area contributed by atoms with Gasteiger partial charge in [-0.15, -0.1) is 11.8 Å². The predicted molar refractivity (Wildman–Crippen MR) is 96.1 cm³/mol. The zero-order valence-electron chi connectivity index (χ0n) is 13.1. The van der Waals surface area contributed by atoms with E-state index >= 15 is 0 Å². The fourth-order valence-corrected chi connectivity index (χ4v) is 2.89. The van der Waals surface area contributed by atoms with Gasteiger partial charge in [0.05, 0.1) is 5.03 Å². The number of nitrogens with zero attached hydrogens (tertiary/aromatic N) is 3. The quantitative estimate of drug-likeness (QED) is 0.695. The lowest BCUT2D eigenvalue weighted by Crippen LogP contribution is -2.19. The first-order valence-corrected chi connectivity index (χ1v) is 8.38. The maximum Gasteiger partial charge on any atom is 0.324 e. The Hall–Kier alpha value is -2.80. The monoisotopic (exact) mass is 339 g/mol. The van der Waals surface area contributed by atoms with Crippen LogP contribution in [-0.2, 0) is 12.8 Å². The van der Waals surface area contributed by atoms with E-state index in [-0.39, 0.29) is 6.03 Å². The van der Waals surface area contributed by atoms with Crippen molar-refractivity contribution < 1.29 is 4.79 Å². The van der Waals surface area contributed by atoms with Crippen molar-refractivity contribution in [2.75, 3.05) is 10.6 Å². The molecule has 0 atom stereocenters. The van der Waals surface area contributed by atoms with Gasteiger partial charge in [-0.25, -0.2) is 9.78 Å². The van der Waals surface area contributed by atoms with E-state index in [1.807, 2.05) is 42.5 Å². The number of thioether (sulfide) groups is 1. The van der Waals surface area contributed by atoms with Gasteiger partial charge in [0.1, 0.15) is 0 Å². The van der Waals surface area contributed by atoms with Gasteiger partial charge in [0.25, 0.3) is 0 Å². The summed E-state index contributed by atoms with van der Waals surface area (Å²) in [6.07, 6.45) is 3.55. The molecule has 0 aliphatic heterocycles. The summed E-state index contributed by atoms with van der Waals surface area (Å²) in [7, 11) is 1.80. The smallest absolute Gasteiger partial charge is 0.308 e. The van der Waals surface area contributed by atoms with Crippen molar-refractivity contribution in [3.63, 3.8) is 0 Å². The van der Waals surface area contributed by atoms with Gasteiger partial charge in [0.15, 0.2) is 5.82 Å². The van der Waals surface area contributed by atoms with E-state index in [2.05, 4.69) is 20.7 Å². The minimum atomic E-state index is -0.316. The van der Waals surface area contributed by atoms with Crippen molar-refractivity contribution in [1.29, 1.82) is 0 Å². The molecule has 3 rings (SSSR count). The number of carbonyl (C=O) groups excluding carboxylic acids is 1. The first-order valence-electron chi connectivity index (χ1n) is 7.39. The summed E-state index contributed by atoms with van der Waals surface area (Å²) in [6.45, 7) is 0. The third-order valence-corrected chi connectivity index (χ3v) is 4.18. The summed E-state index contributed by atoms with van der Waals surface area (Å²) in [5.41, 5.74) is 1.85. The molecule has 0 radical (unpaired) electrons. The first kappa shape index (κ1) is 16.1. The summed E-state index contributed by atoms with van der Waals surface area (Å²) in [5, 5.41) is 10.6. The third kappa shape index (κ3) is 4.60. The molecule has 2 N–H and O–H groups in total. The number of rotatable bonds is 5. The number of benzene rings is 1. The minimum Gasteiger partial charge on any atom is -0.308 e. The fourth-order valence-electron chi connectivity index (χ4n) is 2.09. The minimum absolute atomic E-state index is 0.316. The summed E-state index contributed by atoms with van der Waals surface area (Å²) < 4.78 is 1.63. The lowest BCUT2D eigenvalue weighted by atomic mass is 10.2. The van der Waals surface area contributed by atoms with Gasteiger partial charge in [0.2, 0.25) is 0 Å². The van der Waals surface area contributed by atoms with Crippen molar-refractivity contribution in [1.82, 2.24) is 14.8 Å². The Labute approximate surface area is 144 Å². The van der Waals surface area contributed by atoms with Gasteiger partial charge in [-0.3, -0.25) is 10.00 Å². The number of pyridine rings is 1. The number of hydrogen-bond donors (Lipinski definition) is 2. The molecule has 2 heterocycles. The molecule has 0 spiro atoms. The highest BCUT2D eigenvalue weighted by atomic mass is 32.2. The summed E-state index contributed by atoms with van der Waals surface area (Å²) in [5.74, 6) is 1.30. The molecule has 1 aromatic carbocycles. The molecule has 7 heteroatoms. The van der Waals surface area contributed by atoms with Crippen molar-refractivity contribution >= 4 is 29.3 Å². The second-order valence-electron chi connectivity index (χ2n) is 5.11. The van der Waals surface area contributed by atoms with Crippen LogP contribution in [0, 0.1) is 0 Å². The molecule has 24 heavy (non-hydrogen) atoms. The third-order valence-electron chi connectivity index (χ3n) is 3.16. The number of anilines is 2. The molecule has 3 aromatic rings. The highest BCUT2D eigenvalue weighted by Gasteiger charge is 2.05. The van der Waals surface area contributed by atoms with Gasteiger partial charge in [0, 0.05) is 36.9 Å². The van der Waals surface area contributed by atoms with E-state index < -0.39 is 0 Å². The zero-order valence-corrected chi connectivity index (χ0v) is 14.0. The van der Waals surface area contributed by atoms with Crippen LogP contribution in [0.3, 0.4) is 0 Å². The van der Waals surface area contributed by atoms with Crippen molar-refractivity contribution in [2.24, 2.45) is 7.05 Å². The van der Waals surface area contributed by atoms with Crippen molar-refractivity contribution in [3.8, 4) is 0 Å². The van der Waals surface area contributed by atoms with E-state index in [4.69, 9.17) is 0 Å². The van der Waals surface area contributed by atoms with Gasteiger partial charge in [-0.1, -0.05) is 18.2 Å². The normalized spacial score (nSPS) is 10.4. The lowest BCUT2D eigenvalue weighted by Gasteiger charge is -2.07. The van der Waals surface area contributed by atoms with E-state index in [1.54, 1.807) is 42.0 Å². The standard InChI is InChI=1S/C17H17N5OS/c1-22-10-8-15(21-22)20-17(23)19-14-6-4-5-13(11-14)12-24-16-7-2-3-9-18-16/h2-11H,12H2,1H3,(H2,19,20,21,23). The molecule has 0 aliphatic rings. The number of urea groups is 1. The molecular weight excluding hydrogens is 322 g/mol. The zero-order chi connectivity index (χ0) is 16.8. The molecular formula is C17H17N5OS. The van der Waals surface area contributed by atoms with Crippen LogP contribution in [0.5, 0.6) is 0 Å². The Bertz CT molecular complexity index is 819. The molecule has 0 fully saturated rings. The summed E-state index contributed by atoms with van der Waals surface area (Å²) >= 11 is 1.65. The first-order chi connectivity index (χ1) is 11.7. The molecule has 2 aromatic heterocycles. The lowest BCUT2D eigenvalue weighted by molar-refractivity contribution is 0.262.